The lowest BCUT2D eigenvalue weighted by Gasteiger charge is -2.15. The Labute approximate surface area is 118 Å². The molecule has 0 bridgehead atoms. The fraction of sp³-hybridized carbons (Fsp3) is 0.357. The van der Waals surface area contributed by atoms with E-state index in [1.54, 1.807) is 17.9 Å². The summed E-state index contributed by atoms with van der Waals surface area (Å²) in [5.74, 6) is 0.585. The molecule has 1 aromatic heterocycles. The number of aromatic nitrogens is 3. The van der Waals surface area contributed by atoms with Crippen LogP contribution in [-0.4, -0.2) is 27.7 Å². The molecule has 1 amide bonds. The minimum atomic E-state index is -0.207. The molecule has 106 valence electrons. The summed E-state index contributed by atoms with van der Waals surface area (Å²) in [5.41, 5.74) is 2.53. The van der Waals surface area contributed by atoms with E-state index in [4.69, 9.17) is 0 Å². The first kappa shape index (κ1) is 14.0. The third-order valence-electron chi connectivity index (χ3n) is 3.17. The van der Waals surface area contributed by atoms with Gasteiger partial charge in [-0.2, -0.15) is 0 Å². The summed E-state index contributed by atoms with van der Waals surface area (Å²) < 4.78 is 1.79. The van der Waals surface area contributed by atoms with Crippen molar-refractivity contribution in [2.24, 2.45) is 7.05 Å². The van der Waals surface area contributed by atoms with E-state index >= 15 is 0 Å². The van der Waals surface area contributed by atoms with Crippen LogP contribution in [0.15, 0.2) is 24.5 Å². The first-order valence-electron chi connectivity index (χ1n) is 6.46. The zero-order valence-corrected chi connectivity index (χ0v) is 12.1. The molecule has 1 aromatic carbocycles. The molecule has 1 heterocycles. The van der Waals surface area contributed by atoms with E-state index in [1.807, 2.05) is 39.1 Å². The Balaban J connectivity index is 2.18. The highest BCUT2D eigenvalue weighted by Gasteiger charge is 2.17. The number of aryl methyl sites for hydroxylation is 2. The maximum absolute atomic E-state index is 12.3. The fourth-order valence-corrected chi connectivity index (χ4v) is 2.09. The molecule has 1 unspecified atom stereocenters. The lowest BCUT2D eigenvalue weighted by Crippen LogP contribution is -2.29. The number of nitrogens with one attached hydrogen (secondary N) is 2. The van der Waals surface area contributed by atoms with Crippen molar-refractivity contribution in [1.29, 1.82) is 0 Å². The van der Waals surface area contributed by atoms with Crippen molar-refractivity contribution in [2.75, 3.05) is 12.4 Å². The molecule has 6 heteroatoms. The van der Waals surface area contributed by atoms with Crippen LogP contribution in [-0.2, 0) is 7.05 Å². The first-order chi connectivity index (χ1) is 9.52. The summed E-state index contributed by atoms with van der Waals surface area (Å²) in [5, 5.41) is 13.8. The van der Waals surface area contributed by atoms with Gasteiger partial charge in [0.25, 0.3) is 5.91 Å². The van der Waals surface area contributed by atoms with Crippen LogP contribution in [0.5, 0.6) is 0 Å². The van der Waals surface area contributed by atoms with Crippen molar-refractivity contribution in [2.45, 2.75) is 19.9 Å². The van der Waals surface area contributed by atoms with Gasteiger partial charge in [0.1, 0.15) is 6.33 Å². The van der Waals surface area contributed by atoms with Crippen molar-refractivity contribution in [3.05, 3.63) is 41.5 Å². The quantitative estimate of drug-likeness (QED) is 0.888. The van der Waals surface area contributed by atoms with Crippen molar-refractivity contribution < 1.29 is 4.79 Å². The number of benzene rings is 1. The van der Waals surface area contributed by atoms with Crippen LogP contribution in [0.2, 0.25) is 0 Å². The summed E-state index contributed by atoms with van der Waals surface area (Å²) in [4.78, 5) is 12.3. The second kappa shape index (κ2) is 5.73. The molecule has 0 fully saturated rings. The Kier molecular flexibility index (Phi) is 4.02. The number of anilines is 1. The number of carbonyl (C=O) groups is 1. The van der Waals surface area contributed by atoms with E-state index in [0.717, 1.165) is 17.1 Å². The van der Waals surface area contributed by atoms with Gasteiger partial charge in [-0.1, -0.05) is 6.07 Å². The second-order valence-electron chi connectivity index (χ2n) is 4.79. The van der Waals surface area contributed by atoms with Crippen molar-refractivity contribution in [3.63, 3.8) is 0 Å². The van der Waals surface area contributed by atoms with Gasteiger partial charge < -0.3 is 15.2 Å². The van der Waals surface area contributed by atoms with Gasteiger partial charge in [0.2, 0.25) is 0 Å². The maximum atomic E-state index is 12.3. The van der Waals surface area contributed by atoms with Gasteiger partial charge >= 0.3 is 0 Å². The highest BCUT2D eigenvalue weighted by molar-refractivity contribution is 5.99. The van der Waals surface area contributed by atoms with Gasteiger partial charge in [0, 0.05) is 19.8 Å². The number of nitrogens with zero attached hydrogens (tertiary/aromatic N) is 3. The molecule has 6 nitrogen and oxygen atoms in total. The molecule has 1 atom stereocenters. The predicted molar refractivity (Wildman–Crippen MR) is 77.6 cm³/mol. The molecule has 0 aliphatic rings. The minimum Gasteiger partial charge on any atom is -0.387 e. The van der Waals surface area contributed by atoms with Gasteiger partial charge in [-0.15, -0.1) is 10.2 Å². The molecule has 2 aromatic rings. The zero-order valence-electron chi connectivity index (χ0n) is 12.1. The number of rotatable bonds is 4. The van der Waals surface area contributed by atoms with E-state index in [2.05, 4.69) is 20.8 Å². The number of hydrogen-bond acceptors (Lipinski definition) is 4. The fourth-order valence-electron chi connectivity index (χ4n) is 2.09. The largest absolute Gasteiger partial charge is 0.387 e. The summed E-state index contributed by atoms with van der Waals surface area (Å²) in [6.45, 7) is 3.87. The van der Waals surface area contributed by atoms with E-state index < -0.39 is 0 Å². The van der Waals surface area contributed by atoms with Crippen LogP contribution >= 0.6 is 0 Å². The summed E-state index contributed by atoms with van der Waals surface area (Å²) >= 11 is 0. The first-order valence-corrected chi connectivity index (χ1v) is 6.46. The third kappa shape index (κ3) is 2.79. The molecule has 2 N–H and O–H groups in total. The zero-order chi connectivity index (χ0) is 14.7. The summed E-state index contributed by atoms with van der Waals surface area (Å²) in [6.07, 6.45) is 1.61. The predicted octanol–water partition coefficient (Wildman–Crippen LogP) is 1.66. The Bertz CT molecular complexity index is 620. The third-order valence-corrected chi connectivity index (χ3v) is 3.17. The number of hydrogen-bond donors (Lipinski definition) is 2. The molecule has 0 aliphatic carbocycles. The van der Waals surface area contributed by atoms with Crippen molar-refractivity contribution in [1.82, 2.24) is 20.1 Å². The van der Waals surface area contributed by atoms with Crippen LogP contribution in [0, 0.1) is 6.92 Å². The highest BCUT2D eigenvalue weighted by Crippen LogP contribution is 2.18. The average Bonchev–Trinajstić information content (AvgIpc) is 2.84. The SMILES string of the molecule is CNc1cc(C)ccc1C(=O)NC(C)c1nncn1C. The number of carbonyl (C=O) groups excluding carboxylic acids is 1. The smallest absolute Gasteiger partial charge is 0.253 e. The molecule has 2 rings (SSSR count). The molecular weight excluding hydrogens is 254 g/mol. The lowest BCUT2D eigenvalue weighted by atomic mass is 10.1. The van der Waals surface area contributed by atoms with Gasteiger partial charge in [0.15, 0.2) is 5.82 Å². The van der Waals surface area contributed by atoms with Crippen molar-refractivity contribution in [3.8, 4) is 0 Å². The average molecular weight is 273 g/mol. The molecule has 0 saturated carbocycles. The van der Waals surface area contributed by atoms with Gasteiger partial charge in [0.05, 0.1) is 11.6 Å². The Morgan fingerprint density at radius 1 is 1.40 bits per heavy atom. The maximum Gasteiger partial charge on any atom is 0.253 e. The lowest BCUT2D eigenvalue weighted by molar-refractivity contribution is 0.0938. The Hall–Kier alpha value is -2.37. The molecule has 0 spiro atoms. The second-order valence-corrected chi connectivity index (χ2v) is 4.79. The minimum absolute atomic E-state index is 0.134. The van der Waals surface area contributed by atoms with E-state index in [-0.39, 0.29) is 11.9 Å². The van der Waals surface area contributed by atoms with Gasteiger partial charge in [-0.3, -0.25) is 4.79 Å². The van der Waals surface area contributed by atoms with Crippen LogP contribution in [0.25, 0.3) is 0 Å². The summed E-state index contributed by atoms with van der Waals surface area (Å²) in [7, 11) is 3.65. The summed E-state index contributed by atoms with van der Waals surface area (Å²) in [6, 6.07) is 5.48. The standard InChI is InChI=1S/C14H19N5O/c1-9-5-6-11(12(7-9)15-3)14(20)17-10(2)13-18-16-8-19(13)4/h5-8,10,15H,1-4H3,(H,17,20). The molecule has 20 heavy (non-hydrogen) atoms. The highest BCUT2D eigenvalue weighted by atomic mass is 16.1. The Morgan fingerprint density at radius 3 is 2.75 bits per heavy atom. The molecule has 0 radical (unpaired) electrons. The topological polar surface area (TPSA) is 71.8 Å². The monoisotopic (exact) mass is 273 g/mol. The van der Waals surface area contributed by atoms with E-state index in [1.165, 1.54) is 0 Å². The Morgan fingerprint density at radius 2 is 2.15 bits per heavy atom. The van der Waals surface area contributed by atoms with Crippen LogP contribution < -0.4 is 10.6 Å². The van der Waals surface area contributed by atoms with Crippen LogP contribution in [0.3, 0.4) is 0 Å². The van der Waals surface area contributed by atoms with Gasteiger partial charge in [-0.05, 0) is 31.5 Å². The van der Waals surface area contributed by atoms with E-state index in [0.29, 0.717) is 5.56 Å². The molecular formula is C14H19N5O. The van der Waals surface area contributed by atoms with Crippen LogP contribution in [0.1, 0.15) is 34.7 Å². The number of amides is 1. The normalized spacial score (nSPS) is 12.0. The van der Waals surface area contributed by atoms with Crippen molar-refractivity contribution >= 4 is 11.6 Å². The van der Waals surface area contributed by atoms with E-state index in [9.17, 15) is 4.79 Å². The molecule has 0 aliphatic heterocycles. The van der Waals surface area contributed by atoms with Gasteiger partial charge in [-0.25, -0.2) is 0 Å². The molecule has 0 saturated heterocycles. The van der Waals surface area contributed by atoms with Crippen LogP contribution in [0.4, 0.5) is 5.69 Å².